The third-order valence-electron chi connectivity index (χ3n) is 1.51. The SMILES string of the molecule is CC(O)C(=O)OC1CCOC1. The van der Waals surface area contributed by atoms with Crippen molar-refractivity contribution in [2.45, 2.75) is 25.6 Å². The van der Waals surface area contributed by atoms with Gasteiger partial charge in [-0.05, 0) is 6.92 Å². The summed E-state index contributed by atoms with van der Waals surface area (Å²) in [6.45, 7) is 2.48. The van der Waals surface area contributed by atoms with E-state index >= 15 is 0 Å². The Morgan fingerprint density at radius 1 is 1.82 bits per heavy atom. The van der Waals surface area contributed by atoms with Gasteiger partial charge in [0.25, 0.3) is 0 Å². The van der Waals surface area contributed by atoms with E-state index in [1.54, 1.807) is 0 Å². The van der Waals surface area contributed by atoms with E-state index in [0.29, 0.717) is 13.2 Å². The van der Waals surface area contributed by atoms with E-state index in [-0.39, 0.29) is 6.10 Å². The number of ether oxygens (including phenoxy) is 2. The van der Waals surface area contributed by atoms with Crippen molar-refractivity contribution in [2.24, 2.45) is 0 Å². The van der Waals surface area contributed by atoms with Crippen molar-refractivity contribution in [1.29, 1.82) is 0 Å². The van der Waals surface area contributed by atoms with Crippen molar-refractivity contribution in [1.82, 2.24) is 0 Å². The number of carbonyl (C=O) groups is 1. The summed E-state index contributed by atoms with van der Waals surface area (Å²) in [7, 11) is 0. The second kappa shape index (κ2) is 3.69. The lowest BCUT2D eigenvalue weighted by molar-refractivity contribution is -0.157. The summed E-state index contributed by atoms with van der Waals surface area (Å²) in [6, 6.07) is 0. The first-order valence-electron chi connectivity index (χ1n) is 3.66. The van der Waals surface area contributed by atoms with Crippen LogP contribution < -0.4 is 0 Å². The van der Waals surface area contributed by atoms with Crippen LogP contribution in [0.1, 0.15) is 13.3 Å². The number of esters is 1. The zero-order chi connectivity index (χ0) is 8.27. The minimum atomic E-state index is -1.03. The van der Waals surface area contributed by atoms with Crippen molar-refractivity contribution in [2.75, 3.05) is 13.2 Å². The van der Waals surface area contributed by atoms with Crippen LogP contribution in [0.4, 0.5) is 0 Å². The van der Waals surface area contributed by atoms with Crippen molar-refractivity contribution in [3.05, 3.63) is 0 Å². The fourth-order valence-electron chi connectivity index (χ4n) is 0.869. The van der Waals surface area contributed by atoms with Crippen LogP contribution in [0, 0.1) is 0 Å². The van der Waals surface area contributed by atoms with Gasteiger partial charge in [-0.15, -0.1) is 0 Å². The van der Waals surface area contributed by atoms with Gasteiger partial charge in [0.1, 0.15) is 12.2 Å². The van der Waals surface area contributed by atoms with Gasteiger partial charge in [0.2, 0.25) is 0 Å². The first-order valence-corrected chi connectivity index (χ1v) is 3.66. The van der Waals surface area contributed by atoms with Gasteiger partial charge >= 0.3 is 5.97 Å². The zero-order valence-corrected chi connectivity index (χ0v) is 6.45. The predicted molar refractivity (Wildman–Crippen MR) is 37.0 cm³/mol. The Bertz CT molecular complexity index is 137. The van der Waals surface area contributed by atoms with Crippen LogP contribution >= 0.6 is 0 Å². The molecule has 1 aliphatic heterocycles. The molecule has 0 spiro atoms. The molecule has 0 aromatic rings. The van der Waals surface area contributed by atoms with Crippen LogP contribution in [0.2, 0.25) is 0 Å². The molecule has 1 fully saturated rings. The van der Waals surface area contributed by atoms with Crippen molar-refractivity contribution >= 4 is 5.97 Å². The average Bonchev–Trinajstić information content (AvgIpc) is 2.39. The normalized spacial score (nSPS) is 26.5. The van der Waals surface area contributed by atoms with Crippen LogP contribution in [0.3, 0.4) is 0 Å². The standard InChI is InChI=1S/C7H12O4/c1-5(8)7(9)11-6-2-3-10-4-6/h5-6,8H,2-4H2,1H3. The minimum Gasteiger partial charge on any atom is -0.458 e. The largest absolute Gasteiger partial charge is 0.458 e. The minimum absolute atomic E-state index is 0.155. The van der Waals surface area contributed by atoms with Gasteiger partial charge in [-0.2, -0.15) is 0 Å². The van der Waals surface area contributed by atoms with Gasteiger partial charge in [0.05, 0.1) is 13.2 Å². The quantitative estimate of drug-likeness (QED) is 0.563. The third-order valence-corrected chi connectivity index (χ3v) is 1.51. The highest BCUT2D eigenvalue weighted by atomic mass is 16.6. The van der Waals surface area contributed by atoms with E-state index in [0.717, 1.165) is 6.42 Å². The summed E-state index contributed by atoms with van der Waals surface area (Å²) in [6.07, 6.45) is -0.453. The van der Waals surface area contributed by atoms with Crippen LogP contribution in [-0.4, -0.2) is 36.5 Å². The van der Waals surface area contributed by atoms with Gasteiger partial charge in [-0.3, -0.25) is 0 Å². The van der Waals surface area contributed by atoms with Crippen molar-refractivity contribution in [3.63, 3.8) is 0 Å². The fourth-order valence-corrected chi connectivity index (χ4v) is 0.869. The summed E-state index contributed by atoms with van der Waals surface area (Å²) in [5.74, 6) is -0.569. The summed E-state index contributed by atoms with van der Waals surface area (Å²) in [5.41, 5.74) is 0. The molecule has 0 aromatic carbocycles. The zero-order valence-electron chi connectivity index (χ0n) is 6.45. The molecule has 64 valence electrons. The second-order valence-corrected chi connectivity index (χ2v) is 2.60. The molecule has 0 aromatic heterocycles. The first kappa shape index (κ1) is 8.49. The Morgan fingerprint density at radius 3 is 3.00 bits per heavy atom. The smallest absolute Gasteiger partial charge is 0.335 e. The van der Waals surface area contributed by atoms with Crippen LogP contribution in [0.25, 0.3) is 0 Å². The molecule has 4 heteroatoms. The maximum atomic E-state index is 10.8. The summed E-state index contributed by atoms with van der Waals surface area (Å²) >= 11 is 0. The molecule has 1 N–H and O–H groups in total. The highest BCUT2D eigenvalue weighted by molar-refractivity contribution is 5.73. The molecule has 0 saturated carbocycles. The van der Waals surface area contributed by atoms with Crippen LogP contribution in [0.15, 0.2) is 0 Å². The number of hydrogen-bond donors (Lipinski definition) is 1. The summed E-state index contributed by atoms with van der Waals surface area (Å²) in [4.78, 5) is 10.8. The van der Waals surface area contributed by atoms with Gasteiger partial charge in [0, 0.05) is 6.42 Å². The van der Waals surface area contributed by atoms with Crippen molar-refractivity contribution in [3.8, 4) is 0 Å². The molecule has 1 aliphatic rings. The summed E-state index contributed by atoms with van der Waals surface area (Å²) in [5, 5.41) is 8.77. The number of rotatable bonds is 2. The van der Waals surface area contributed by atoms with E-state index in [4.69, 9.17) is 14.6 Å². The molecule has 11 heavy (non-hydrogen) atoms. The van der Waals surface area contributed by atoms with Crippen molar-refractivity contribution < 1.29 is 19.4 Å². The number of aliphatic hydroxyl groups excluding tert-OH is 1. The Kier molecular flexibility index (Phi) is 2.84. The topological polar surface area (TPSA) is 55.8 Å². The molecule has 0 aliphatic carbocycles. The number of aliphatic hydroxyl groups is 1. The third kappa shape index (κ3) is 2.48. The molecule has 2 unspecified atom stereocenters. The van der Waals surface area contributed by atoms with Gasteiger partial charge in [0.15, 0.2) is 0 Å². The second-order valence-electron chi connectivity index (χ2n) is 2.60. The molecule has 0 bridgehead atoms. The maximum Gasteiger partial charge on any atom is 0.335 e. The fraction of sp³-hybridized carbons (Fsp3) is 0.857. The maximum absolute atomic E-state index is 10.8. The molecular weight excluding hydrogens is 148 g/mol. The Morgan fingerprint density at radius 2 is 2.55 bits per heavy atom. The van der Waals surface area contributed by atoms with Gasteiger partial charge in [-0.25, -0.2) is 4.79 Å². The number of hydrogen-bond acceptors (Lipinski definition) is 4. The Labute approximate surface area is 65.1 Å². The van der Waals surface area contributed by atoms with Gasteiger partial charge < -0.3 is 14.6 Å². The highest BCUT2D eigenvalue weighted by Gasteiger charge is 2.21. The molecule has 1 rings (SSSR count). The lowest BCUT2D eigenvalue weighted by Crippen LogP contribution is -2.25. The first-order chi connectivity index (χ1) is 5.20. The molecule has 1 saturated heterocycles. The Balaban J connectivity index is 2.24. The van der Waals surface area contributed by atoms with Crippen LogP contribution in [-0.2, 0) is 14.3 Å². The van der Waals surface area contributed by atoms with E-state index in [9.17, 15) is 4.79 Å². The number of carbonyl (C=O) groups excluding carboxylic acids is 1. The van der Waals surface area contributed by atoms with E-state index < -0.39 is 12.1 Å². The molecule has 2 atom stereocenters. The highest BCUT2D eigenvalue weighted by Crippen LogP contribution is 2.08. The molecule has 0 amide bonds. The molecule has 0 radical (unpaired) electrons. The molecule has 1 heterocycles. The lowest BCUT2D eigenvalue weighted by atomic mass is 10.3. The van der Waals surface area contributed by atoms with Gasteiger partial charge in [-0.1, -0.05) is 0 Å². The monoisotopic (exact) mass is 160 g/mol. The van der Waals surface area contributed by atoms with E-state index in [1.807, 2.05) is 0 Å². The predicted octanol–water partition coefficient (Wildman–Crippen LogP) is -0.301. The summed E-state index contributed by atoms with van der Waals surface area (Å²) < 4.78 is 9.84. The van der Waals surface area contributed by atoms with E-state index in [1.165, 1.54) is 6.92 Å². The lowest BCUT2D eigenvalue weighted by Gasteiger charge is -2.10. The van der Waals surface area contributed by atoms with E-state index in [2.05, 4.69) is 0 Å². The molecule has 4 nitrogen and oxygen atoms in total. The van der Waals surface area contributed by atoms with Crippen LogP contribution in [0.5, 0.6) is 0 Å². The molecular formula is C7H12O4. The average molecular weight is 160 g/mol. The Hall–Kier alpha value is -0.610.